The Bertz CT molecular complexity index is 791. The summed E-state index contributed by atoms with van der Waals surface area (Å²) in [6, 6.07) is 9.41. The Balaban J connectivity index is 1.68. The summed E-state index contributed by atoms with van der Waals surface area (Å²) in [7, 11) is 0. The maximum absolute atomic E-state index is 12.5. The number of rotatable bonds is 5. The fraction of sp³-hybridized carbons (Fsp3) is 0.316. The molecule has 1 aliphatic heterocycles. The zero-order valence-electron chi connectivity index (χ0n) is 14.3. The lowest BCUT2D eigenvalue weighted by molar-refractivity contribution is -0.0135. The second-order valence-electron chi connectivity index (χ2n) is 6.07. The minimum atomic E-state index is -0.991. The molecular formula is C19H20N2O5. The van der Waals surface area contributed by atoms with E-state index in [2.05, 4.69) is 10.3 Å². The number of carbonyl (C=O) groups excluding carboxylic acids is 1. The van der Waals surface area contributed by atoms with Gasteiger partial charge in [0.2, 0.25) is 0 Å². The number of nitrogens with one attached hydrogen (secondary N) is 1. The first-order chi connectivity index (χ1) is 12.5. The number of aromatic nitrogens is 1. The maximum atomic E-state index is 12.5. The number of carboxylic acids is 1. The van der Waals surface area contributed by atoms with Crippen LogP contribution in [0.15, 0.2) is 42.6 Å². The van der Waals surface area contributed by atoms with Crippen LogP contribution >= 0.6 is 0 Å². The number of ether oxygens (including phenoxy) is 2. The van der Waals surface area contributed by atoms with Gasteiger partial charge in [-0.05, 0) is 49.7 Å². The SMILES string of the molecule is Cc1ncccc1C(=O)N[C@@H]1CCOC[C@H]1Oc1ccc(C(=O)O)cc1. The third kappa shape index (κ3) is 4.18. The zero-order valence-corrected chi connectivity index (χ0v) is 14.3. The molecule has 1 saturated heterocycles. The summed E-state index contributed by atoms with van der Waals surface area (Å²) in [4.78, 5) is 27.6. The summed E-state index contributed by atoms with van der Waals surface area (Å²) in [5.74, 6) is -0.658. The molecule has 2 N–H and O–H groups in total. The van der Waals surface area contributed by atoms with Gasteiger partial charge in [-0.25, -0.2) is 4.79 Å². The van der Waals surface area contributed by atoms with Crippen molar-refractivity contribution in [1.29, 1.82) is 0 Å². The van der Waals surface area contributed by atoms with Gasteiger partial charge in [0, 0.05) is 18.5 Å². The van der Waals surface area contributed by atoms with E-state index >= 15 is 0 Å². The molecule has 7 nitrogen and oxygen atoms in total. The molecule has 0 aliphatic carbocycles. The van der Waals surface area contributed by atoms with Crippen LogP contribution in [0.5, 0.6) is 5.75 Å². The van der Waals surface area contributed by atoms with Crippen molar-refractivity contribution in [3.05, 3.63) is 59.4 Å². The van der Waals surface area contributed by atoms with Crippen molar-refractivity contribution < 1.29 is 24.2 Å². The molecule has 2 atom stereocenters. The van der Waals surface area contributed by atoms with Gasteiger partial charge in [-0.1, -0.05) is 0 Å². The highest BCUT2D eigenvalue weighted by atomic mass is 16.5. The molecule has 1 aromatic carbocycles. The van der Waals surface area contributed by atoms with Crippen molar-refractivity contribution in [2.45, 2.75) is 25.5 Å². The Morgan fingerprint density at radius 2 is 2.04 bits per heavy atom. The first-order valence-corrected chi connectivity index (χ1v) is 8.35. The number of amides is 1. The molecule has 1 amide bonds. The summed E-state index contributed by atoms with van der Waals surface area (Å²) in [5, 5.41) is 12.0. The van der Waals surface area contributed by atoms with Crippen LogP contribution in [0, 0.1) is 6.92 Å². The summed E-state index contributed by atoms with van der Waals surface area (Å²) in [5.41, 5.74) is 1.39. The second-order valence-corrected chi connectivity index (χ2v) is 6.07. The quantitative estimate of drug-likeness (QED) is 0.851. The van der Waals surface area contributed by atoms with Gasteiger partial charge in [0.15, 0.2) is 0 Å². The van der Waals surface area contributed by atoms with Gasteiger partial charge >= 0.3 is 5.97 Å². The fourth-order valence-electron chi connectivity index (χ4n) is 2.81. The summed E-state index contributed by atoms with van der Waals surface area (Å²) >= 11 is 0. The normalized spacial score (nSPS) is 19.6. The van der Waals surface area contributed by atoms with E-state index in [-0.39, 0.29) is 23.6 Å². The molecule has 7 heteroatoms. The molecule has 1 fully saturated rings. The monoisotopic (exact) mass is 356 g/mol. The fourth-order valence-corrected chi connectivity index (χ4v) is 2.81. The number of carboxylic acid groups (broad SMARTS) is 1. The van der Waals surface area contributed by atoms with Crippen molar-refractivity contribution >= 4 is 11.9 Å². The molecule has 1 aromatic heterocycles. The minimum Gasteiger partial charge on any atom is -0.486 e. The van der Waals surface area contributed by atoms with E-state index in [0.29, 0.717) is 36.6 Å². The number of nitrogens with zero attached hydrogens (tertiary/aromatic N) is 1. The van der Waals surface area contributed by atoms with Crippen molar-refractivity contribution in [3.8, 4) is 5.75 Å². The lowest BCUT2D eigenvalue weighted by Crippen LogP contribution is -2.51. The number of aryl methyl sites for hydroxylation is 1. The highest BCUT2D eigenvalue weighted by molar-refractivity contribution is 5.95. The first kappa shape index (κ1) is 17.9. The highest BCUT2D eigenvalue weighted by Gasteiger charge is 2.29. The Morgan fingerprint density at radius 3 is 2.73 bits per heavy atom. The van der Waals surface area contributed by atoms with E-state index in [1.165, 1.54) is 12.1 Å². The van der Waals surface area contributed by atoms with Gasteiger partial charge in [0.25, 0.3) is 5.91 Å². The number of carbonyl (C=O) groups is 2. The number of aromatic carboxylic acids is 1. The van der Waals surface area contributed by atoms with E-state index in [9.17, 15) is 9.59 Å². The molecule has 2 aromatic rings. The van der Waals surface area contributed by atoms with Gasteiger partial charge in [0.05, 0.1) is 23.8 Å². The van der Waals surface area contributed by atoms with Crippen LogP contribution in [0.4, 0.5) is 0 Å². The maximum Gasteiger partial charge on any atom is 0.335 e. The summed E-state index contributed by atoms with van der Waals surface area (Å²) in [6.07, 6.45) is 1.91. The molecule has 0 spiro atoms. The standard InChI is InChI=1S/C19H20N2O5/c1-12-15(3-2-9-20-12)18(22)21-16-8-10-25-11-17(16)26-14-6-4-13(5-7-14)19(23)24/h2-7,9,16-17H,8,10-11H2,1H3,(H,21,22)(H,23,24)/t16-,17-/m1/s1. The van der Waals surface area contributed by atoms with Crippen molar-refractivity contribution in [2.75, 3.05) is 13.2 Å². The van der Waals surface area contributed by atoms with Crippen LogP contribution in [-0.4, -0.2) is 47.3 Å². The predicted octanol–water partition coefficient (Wildman–Crippen LogP) is 2.05. The topological polar surface area (TPSA) is 97.8 Å². The van der Waals surface area contributed by atoms with Gasteiger partial charge < -0.3 is 19.9 Å². The van der Waals surface area contributed by atoms with E-state index in [1.807, 2.05) is 0 Å². The van der Waals surface area contributed by atoms with E-state index in [4.69, 9.17) is 14.6 Å². The molecule has 0 radical (unpaired) electrons. The van der Waals surface area contributed by atoms with Crippen molar-refractivity contribution in [3.63, 3.8) is 0 Å². The minimum absolute atomic E-state index is 0.189. The lowest BCUT2D eigenvalue weighted by atomic mass is 10.0. The van der Waals surface area contributed by atoms with Crippen LogP contribution in [0.1, 0.15) is 32.8 Å². The molecule has 0 unspecified atom stereocenters. The molecule has 3 rings (SSSR count). The second kappa shape index (κ2) is 7.97. The van der Waals surface area contributed by atoms with Crippen LogP contribution in [-0.2, 0) is 4.74 Å². The Hall–Kier alpha value is -2.93. The van der Waals surface area contributed by atoms with Crippen molar-refractivity contribution in [2.24, 2.45) is 0 Å². The average Bonchev–Trinajstić information content (AvgIpc) is 2.64. The third-order valence-electron chi connectivity index (χ3n) is 4.26. The van der Waals surface area contributed by atoms with Crippen LogP contribution < -0.4 is 10.1 Å². The Labute approximate surface area is 151 Å². The van der Waals surface area contributed by atoms with Gasteiger partial charge in [-0.2, -0.15) is 0 Å². The first-order valence-electron chi connectivity index (χ1n) is 8.35. The van der Waals surface area contributed by atoms with Crippen LogP contribution in [0.2, 0.25) is 0 Å². The van der Waals surface area contributed by atoms with Gasteiger partial charge in [-0.15, -0.1) is 0 Å². The van der Waals surface area contributed by atoms with Crippen molar-refractivity contribution in [1.82, 2.24) is 10.3 Å². The smallest absolute Gasteiger partial charge is 0.335 e. The highest BCUT2D eigenvalue weighted by Crippen LogP contribution is 2.19. The lowest BCUT2D eigenvalue weighted by Gasteiger charge is -2.32. The number of hydrogen-bond acceptors (Lipinski definition) is 5. The molecule has 136 valence electrons. The van der Waals surface area contributed by atoms with E-state index in [1.54, 1.807) is 37.4 Å². The van der Waals surface area contributed by atoms with Crippen LogP contribution in [0.25, 0.3) is 0 Å². The summed E-state index contributed by atoms with van der Waals surface area (Å²) < 4.78 is 11.4. The Kier molecular flexibility index (Phi) is 5.48. The average molecular weight is 356 g/mol. The molecule has 26 heavy (non-hydrogen) atoms. The largest absolute Gasteiger partial charge is 0.486 e. The van der Waals surface area contributed by atoms with E-state index < -0.39 is 5.97 Å². The van der Waals surface area contributed by atoms with Gasteiger partial charge in [0.1, 0.15) is 11.9 Å². The Morgan fingerprint density at radius 1 is 1.27 bits per heavy atom. The summed E-state index contributed by atoms with van der Waals surface area (Å²) in [6.45, 7) is 2.67. The third-order valence-corrected chi connectivity index (χ3v) is 4.26. The number of benzene rings is 1. The molecule has 1 aliphatic rings. The molecule has 0 bridgehead atoms. The van der Waals surface area contributed by atoms with E-state index in [0.717, 1.165) is 0 Å². The zero-order chi connectivity index (χ0) is 18.5. The molecule has 2 heterocycles. The number of pyridine rings is 1. The predicted molar refractivity (Wildman–Crippen MR) is 93.5 cm³/mol. The molecular weight excluding hydrogens is 336 g/mol. The van der Waals surface area contributed by atoms with Gasteiger partial charge in [-0.3, -0.25) is 9.78 Å². The number of hydrogen-bond donors (Lipinski definition) is 2. The molecule has 0 saturated carbocycles. The van der Waals surface area contributed by atoms with Crippen LogP contribution in [0.3, 0.4) is 0 Å².